The number of thiophene rings is 1. The Hall–Kier alpha value is -2.64. The number of thiazole rings is 1. The zero-order valence-electron chi connectivity index (χ0n) is 14.8. The second-order valence-corrected chi connectivity index (χ2v) is 7.61. The highest BCUT2D eigenvalue weighted by Crippen LogP contribution is 2.29. The minimum Gasteiger partial charge on any atom is -0.289 e. The Balaban J connectivity index is 1.71. The van der Waals surface area contributed by atoms with Crippen molar-refractivity contribution in [1.29, 1.82) is 0 Å². The molecule has 0 saturated heterocycles. The number of carbonyl (C=O) groups excluding carboxylic acids is 2. The van der Waals surface area contributed by atoms with Gasteiger partial charge in [-0.25, -0.2) is 9.37 Å². The van der Waals surface area contributed by atoms with Gasteiger partial charge in [0.2, 0.25) is 5.91 Å². The lowest BCUT2D eigenvalue weighted by Gasteiger charge is -2.14. The molecule has 2 aromatic heterocycles. The highest BCUT2D eigenvalue weighted by molar-refractivity contribution is 7.17. The molecule has 3 aromatic rings. The van der Waals surface area contributed by atoms with Crippen molar-refractivity contribution in [2.45, 2.75) is 13.8 Å². The van der Waals surface area contributed by atoms with E-state index in [-0.39, 0.29) is 17.5 Å². The molecule has 0 N–H and O–H groups in total. The summed E-state index contributed by atoms with van der Waals surface area (Å²) in [7, 11) is 0. The first kappa shape index (κ1) is 19.1. The average Bonchev–Trinajstić information content (AvgIpc) is 3.30. The fraction of sp³-hybridized carbons (Fsp3) is 0.150. The van der Waals surface area contributed by atoms with Crippen molar-refractivity contribution in [2.75, 3.05) is 11.4 Å². The van der Waals surface area contributed by atoms with Crippen molar-refractivity contribution in [1.82, 2.24) is 4.98 Å². The van der Waals surface area contributed by atoms with Gasteiger partial charge in [-0.05, 0) is 48.9 Å². The molecule has 0 aliphatic carbocycles. The maximum Gasteiger partial charge on any atom is 0.225 e. The first-order valence-corrected chi connectivity index (χ1v) is 9.99. The van der Waals surface area contributed by atoms with Gasteiger partial charge >= 0.3 is 0 Å². The van der Waals surface area contributed by atoms with E-state index in [0.717, 1.165) is 10.4 Å². The van der Waals surface area contributed by atoms with Crippen LogP contribution < -0.4 is 4.90 Å². The average molecular weight is 401 g/mol. The second kappa shape index (κ2) is 8.37. The number of allylic oxidation sites excluding steroid dienone is 1. The Morgan fingerprint density at radius 3 is 2.59 bits per heavy atom. The lowest BCUT2D eigenvalue weighted by molar-refractivity contribution is -0.116. The fourth-order valence-electron chi connectivity index (χ4n) is 2.45. The van der Waals surface area contributed by atoms with Gasteiger partial charge in [-0.15, -0.1) is 22.7 Å². The second-order valence-electron chi connectivity index (χ2n) is 5.69. The Bertz CT molecular complexity index is 990. The van der Waals surface area contributed by atoms with Crippen LogP contribution in [0.4, 0.5) is 9.52 Å². The number of hydrogen-bond acceptors (Lipinski definition) is 5. The zero-order valence-corrected chi connectivity index (χ0v) is 16.4. The number of amides is 1. The highest BCUT2D eigenvalue weighted by atomic mass is 32.1. The third-order valence-corrected chi connectivity index (χ3v) is 5.85. The number of rotatable bonds is 6. The first-order chi connectivity index (χ1) is 13.0. The predicted octanol–water partition coefficient (Wildman–Crippen LogP) is 5.28. The van der Waals surface area contributed by atoms with Crippen LogP contribution in [0, 0.1) is 5.82 Å². The van der Waals surface area contributed by atoms with Gasteiger partial charge in [0.05, 0.1) is 10.6 Å². The molecule has 3 rings (SSSR count). The van der Waals surface area contributed by atoms with Gasteiger partial charge in [-0.1, -0.05) is 12.1 Å². The fourth-order valence-corrected chi connectivity index (χ4v) is 4.28. The van der Waals surface area contributed by atoms with Crippen molar-refractivity contribution >= 4 is 45.6 Å². The van der Waals surface area contributed by atoms with E-state index in [2.05, 4.69) is 4.98 Å². The van der Waals surface area contributed by atoms with E-state index in [1.807, 2.05) is 18.4 Å². The van der Waals surface area contributed by atoms with Crippen LogP contribution in [-0.2, 0) is 4.79 Å². The molecule has 0 bridgehead atoms. The lowest BCUT2D eigenvalue weighted by Crippen LogP contribution is -2.27. The van der Waals surface area contributed by atoms with Crippen LogP contribution in [0.25, 0.3) is 16.5 Å². The molecule has 0 atom stereocenters. The largest absolute Gasteiger partial charge is 0.289 e. The lowest BCUT2D eigenvalue weighted by atomic mass is 10.2. The molecular weight excluding hydrogens is 383 g/mol. The number of aromatic nitrogens is 1. The van der Waals surface area contributed by atoms with Crippen molar-refractivity contribution < 1.29 is 14.0 Å². The molecule has 0 spiro atoms. The van der Waals surface area contributed by atoms with Crippen LogP contribution in [0.3, 0.4) is 0 Å². The van der Waals surface area contributed by atoms with Gasteiger partial charge in [0, 0.05) is 23.7 Å². The Morgan fingerprint density at radius 2 is 1.93 bits per heavy atom. The molecule has 138 valence electrons. The normalized spacial score (nSPS) is 11.1. The third kappa shape index (κ3) is 4.56. The monoisotopic (exact) mass is 400 g/mol. The smallest absolute Gasteiger partial charge is 0.225 e. The van der Waals surface area contributed by atoms with Gasteiger partial charge in [-0.3, -0.25) is 14.5 Å². The predicted molar refractivity (Wildman–Crippen MR) is 109 cm³/mol. The summed E-state index contributed by atoms with van der Waals surface area (Å²) in [6.45, 7) is 3.93. The van der Waals surface area contributed by atoms with E-state index in [1.54, 1.807) is 29.2 Å². The molecule has 27 heavy (non-hydrogen) atoms. The van der Waals surface area contributed by atoms with E-state index in [0.29, 0.717) is 22.2 Å². The zero-order chi connectivity index (χ0) is 19.4. The maximum absolute atomic E-state index is 13.0. The number of hydrogen-bond donors (Lipinski definition) is 0. The van der Waals surface area contributed by atoms with Gasteiger partial charge in [-0.2, -0.15) is 0 Å². The standard InChI is InChI=1S/C20H17FN2O2S2/c1-3-23(13(2)24)20-22-16(12-26-20)8-9-17(25)19-11-10-18(27-19)14-4-6-15(21)7-5-14/h4-12H,3H2,1-2H3/b9-8+. The van der Waals surface area contributed by atoms with Crippen LogP contribution in [0.5, 0.6) is 0 Å². The topological polar surface area (TPSA) is 50.3 Å². The number of halogens is 1. The molecule has 0 aliphatic heterocycles. The van der Waals surface area contributed by atoms with Crippen molar-refractivity contribution in [3.05, 3.63) is 64.2 Å². The van der Waals surface area contributed by atoms with Gasteiger partial charge in [0.1, 0.15) is 5.82 Å². The molecule has 0 radical (unpaired) electrons. The van der Waals surface area contributed by atoms with E-state index in [9.17, 15) is 14.0 Å². The summed E-state index contributed by atoms with van der Waals surface area (Å²) in [4.78, 5) is 31.4. The number of benzene rings is 1. The molecule has 0 fully saturated rings. The molecule has 2 heterocycles. The molecule has 0 saturated carbocycles. The van der Waals surface area contributed by atoms with Crippen molar-refractivity contribution in [3.63, 3.8) is 0 Å². The summed E-state index contributed by atoms with van der Waals surface area (Å²) in [6, 6.07) is 9.80. The van der Waals surface area contributed by atoms with E-state index >= 15 is 0 Å². The minimum absolute atomic E-state index is 0.0645. The third-order valence-electron chi connectivity index (χ3n) is 3.82. The molecule has 1 amide bonds. The molecule has 0 unspecified atom stereocenters. The highest BCUT2D eigenvalue weighted by Gasteiger charge is 2.13. The van der Waals surface area contributed by atoms with E-state index in [1.165, 1.54) is 47.8 Å². The van der Waals surface area contributed by atoms with Crippen LogP contribution in [0.1, 0.15) is 29.2 Å². The summed E-state index contributed by atoms with van der Waals surface area (Å²) in [6.07, 6.45) is 3.12. The Kier molecular flexibility index (Phi) is 5.93. The summed E-state index contributed by atoms with van der Waals surface area (Å²) in [5, 5.41) is 2.43. The Labute approximate surface area is 164 Å². The minimum atomic E-state index is -0.288. The van der Waals surface area contributed by atoms with Gasteiger partial charge in [0.25, 0.3) is 0 Å². The van der Waals surface area contributed by atoms with Crippen LogP contribution in [0.15, 0.2) is 47.9 Å². The molecule has 4 nitrogen and oxygen atoms in total. The van der Waals surface area contributed by atoms with Gasteiger partial charge in [0.15, 0.2) is 10.9 Å². The number of carbonyl (C=O) groups is 2. The summed E-state index contributed by atoms with van der Waals surface area (Å²) < 4.78 is 13.0. The number of ketones is 1. The van der Waals surface area contributed by atoms with Gasteiger partial charge < -0.3 is 0 Å². The van der Waals surface area contributed by atoms with Crippen LogP contribution in [-0.4, -0.2) is 23.2 Å². The van der Waals surface area contributed by atoms with E-state index < -0.39 is 0 Å². The molecule has 1 aromatic carbocycles. The molecular formula is C20H17FN2O2S2. The summed E-state index contributed by atoms with van der Waals surface area (Å²) >= 11 is 2.72. The molecule has 0 aliphatic rings. The first-order valence-electron chi connectivity index (χ1n) is 8.29. The van der Waals surface area contributed by atoms with Crippen LogP contribution in [0.2, 0.25) is 0 Å². The van der Waals surface area contributed by atoms with Crippen LogP contribution >= 0.6 is 22.7 Å². The maximum atomic E-state index is 13.0. The van der Waals surface area contributed by atoms with Crippen molar-refractivity contribution in [3.8, 4) is 10.4 Å². The van der Waals surface area contributed by atoms with Crippen molar-refractivity contribution in [2.24, 2.45) is 0 Å². The van der Waals surface area contributed by atoms with E-state index in [4.69, 9.17) is 0 Å². The summed E-state index contributed by atoms with van der Waals surface area (Å²) in [5.74, 6) is -0.476. The Morgan fingerprint density at radius 1 is 1.19 bits per heavy atom. The summed E-state index contributed by atoms with van der Waals surface area (Å²) in [5.41, 5.74) is 1.51. The SMILES string of the molecule is CCN(C(C)=O)c1nc(/C=C/C(=O)c2ccc(-c3ccc(F)cc3)s2)cs1. The quantitative estimate of drug-likeness (QED) is 0.418. The number of anilines is 1. The number of nitrogens with zero attached hydrogens (tertiary/aromatic N) is 2. The molecule has 7 heteroatoms.